The molecule has 1 saturated carbocycles. The minimum absolute atomic E-state index is 0.0344. The highest BCUT2D eigenvalue weighted by molar-refractivity contribution is 6.02. The first-order valence-electron chi connectivity index (χ1n) is 6.69. The van der Waals surface area contributed by atoms with Gasteiger partial charge in [0.2, 0.25) is 0 Å². The lowest BCUT2D eigenvalue weighted by molar-refractivity contribution is -0.150. The summed E-state index contributed by atoms with van der Waals surface area (Å²) in [6.45, 7) is 3.91. The molecule has 0 heterocycles. The number of hydrogen-bond acceptors (Lipinski definition) is 4. The molecular formula is C16H20O4. The largest absolute Gasteiger partial charge is 0.496 e. The summed E-state index contributed by atoms with van der Waals surface area (Å²) in [7, 11) is 2.95. The second-order valence-corrected chi connectivity index (χ2v) is 5.52. The molecule has 1 unspecified atom stereocenters. The molecule has 1 fully saturated rings. The van der Waals surface area contributed by atoms with Crippen molar-refractivity contribution in [1.29, 1.82) is 0 Å². The molecule has 20 heavy (non-hydrogen) atoms. The Kier molecular flexibility index (Phi) is 3.84. The van der Waals surface area contributed by atoms with Crippen molar-refractivity contribution in [3.63, 3.8) is 0 Å². The molecule has 0 radical (unpaired) electrons. The van der Waals surface area contributed by atoms with E-state index in [-0.39, 0.29) is 5.78 Å². The summed E-state index contributed by atoms with van der Waals surface area (Å²) in [5.74, 6) is -0.382. The zero-order chi connectivity index (χ0) is 14.9. The highest BCUT2D eigenvalue weighted by atomic mass is 16.5. The Hall–Kier alpha value is -1.84. The molecule has 0 amide bonds. The summed E-state index contributed by atoms with van der Waals surface area (Å²) in [5, 5.41) is 0. The molecule has 1 aliphatic rings. The van der Waals surface area contributed by atoms with Gasteiger partial charge in [-0.25, -0.2) is 0 Å². The van der Waals surface area contributed by atoms with Gasteiger partial charge in [0.25, 0.3) is 0 Å². The van der Waals surface area contributed by atoms with Crippen LogP contribution in [0, 0.1) is 12.8 Å². The molecule has 0 spiro atoms. The van der Waals surface area contributed by atoms with Gasteiger partial charge >= 0.3 is 5.97 Å². The first kappa shape index (κ1) is 14.6. The third-order valence-corrected chi connectivity index (χ3v) is 4.34. The number of ketones is 1. The molecule has 1 aromatic carbocycles. The van der Waals surface area contributed by atoms with Crippen LogP contribution in [0.25, 0.3) is 0 Å². The van der Waals surface area contributed by atoms with Gasteiger partial charge in [0.15, 0.2) is 0 Å². The molecule has 108 valence electrons. The van der Waals surface area contributed by atoms with Crippen molar-refractivity contribution < 1.29 is 19.1 Å². The molecule has 0 aromatic heterocycles. The average Bonchev–Trinajstić information content (AvgIpc) is 2.75. The SMILES string of the molecule is COC(=O)C1C(=O)CC[C@@]1(C)c1ccc(OC)c(C)c1. The van der Waals surface area contributed by atoms with Crippen LogP contribution in [0.4, 0.5) is 0 Å². The van der Waals surface area contributed by atoms with E-state index in [2.05, 4.69) is 0 Å². The summed E-state index contributed by atoms with van der Waals surface area (Å²) in [6, 6.07) is 5.81. The van der Waals surface area contributed by atoms with Crippen LogP contribution in [0.2, 0.25) is 0 Å². The fourth-order valence-electron chi connectivity index (χ4n) is 3.08. The van der Waals surface area contributed by atoms with E-state index in [4.69, 9.17) is 9.47 Å². The lowest BCUT2D eigenvalue weighted by atomic mass is 9.73. The zero-order valence-electron chi connectivity index (χ0n) is 12.4. The number of aryl methyl sites for hydroxylation is 1. The number of methoxy groups -OCH3 is 2. The second-order valence-electron chi connectivity index (χ2n) is 5.52. The number of carbonyl (C=O) groups excluding carboxylic acids is 2. The topological polar surface area (TPSA) is 52.6 Å². The quantitative estimate of drug-likeness (QED) is 0.628. The van der Waals surface area contributed by atoms with Gasteiger partial charge < -0.3 is 9.47 Å². The first-order chi connectivity index (χ1) is 9.43. The number of benzene rings is 1. The van der Waals surface area contributed by atoms with Gasteiger partial charge in [-0.05, 0) is 30.5 Å². The van der Waals surface area contributed by atoms with Crippen LogP contribution in [0.15, 0.2) is 18.2 Å². The van der Waals surface area contributed by atoms with Crippen LogP contribution in [0.5, 0.6) is 5.75 Å². The normalized spacial score (nSPS) is 25.6. The Labute approximate surface area is 119 Å². The predicted molar refractivity (Wildman–Crippen MR) is 74.8 cm³/mol. The monoisotopic (exact) mass is 276 g/mol. The maximum atomic E-state index is 12.0. The van der Waals surface area contributed by atoms with Gasteiger partial charge in [-0.15, -0.1) is 0 Å². The van der Waals surface area contributed by atoms with E-state index in [1.54, 1.807) is 7.11 Å². The van der Waals surface area contributed by atoms with Gasteiger partial charge in [-0.2, -0.15) is 0 Å². The minimum Gasteiger partial charge on any atom is -0.496 e. The molecule has 0 N–H and O–H groups in total. The molecular weight excluding hydrogens is 256 g/mol. The van der Waals surface area contributed by atoms with Crippen LogP contribution < -0.4 is 4.74 Å². The number of rotatable bonds is 3. The van der Waals surface area contributed by atoms with E-state index >= 15 is 0 Å². The van der Waals surface area contributed by atoms with Crippen LogP contribution in [-0.2, 0) is 19.7 Å². The van der Waals surface area contributed by atoms with E-state index in [9.17, 15) is 9.59 Å². The van der Waals surface area contributed by atoms with Crippen LogP contribution in [-0.4, -0.2) is 26.0 Å². The van der Waals surface area contributed by atoms with Crippen molar-refractivity contribution >= 4 is 11.8 Å². The van der Waals surface area contributed by atoms with Crippen molar-refractivity contribution in [2.45, 2.75) is 32.1 Å². The van der Waals surface area contributed by atoms with Gasteiger partial charge in [0, 0.05) is 11.8 Å². The number of Topliss-reactive ketones (excluding diaryl/α,β-unsaturated/α-hetero) is 1. The van der Waals surface area contributed by atoms with Crippen molar-refractivity contribution in [2.24, 2.45) is 5.92 Å². The van der Waals surface area contributed by atoms with Gasteiger partial charge in [-0.3, -0.25) is 9.59 Å². The molecule has 0 bridgehead atoms. The Bertz CT molecular complexity index is 549. The van der Waals surface area contributed by atoms with Crippen molar-refractivity contribution in [1.82, 2.24) is 0 Å². The van der Waals surface area contributed by atoms with Crippen molar-refractivity contribution in [2.75, 3.05) is 14.2 Å². The molecule has 1 aliphatic carbocycles. The smallest absolute Gasteiger partial charge is 0.317 e. The standard InChI is InChI=1S/C16H20O4/c1-10-9-11(5-6-13(10)19-3)16(2)8-7-12(17)14(16)15(18)20-4/h5-6,9,14H,7-8H2,1-4H3/t14?,16-/m0/s1. The molecule has 1 aromatic rings. The van der Waals surface area contributed by atoms with Gasteiger partial charge in [0.05, 0.1) is 14.2 Å². The van der Waals surface area contributed by atoms with Crippen LogP contribution in [0.3, 0.4) is 0 Å². The van der Waals surface area contributed by atoms with E-state index in [0.717, 1.165) is 16.9 Å². The number of ether oxygens (including phenoxy) is 2. The Morgan fingerprint density at radius 2 is 2.05 bits per heavy atom. The van der Waals surface area contributed by atoms with E-state index in [0.29, 0.717) is 12.8 Å². The third-order valence-electron chi connectivity index (χ3n) is 4.34. The maximum absolute atomic E-state index is 12.0. The first-order valence-corrected chi connectivity index (χ1v) is 6.69. The molecule has 2 rings (SSSR count). The van der Waals surface area contributed by atoms with Crippen LogP contribution in [0.1, 0.15) is 30.9 Å². The van der Waals surface area contributed by atoms with E-state index in [1.807, 2.05) is 32.0 Å². The molecule has 4 nitrogen and oxygen atoms in total. The number of hydrogen-bond donors (Lipinski definition) is 0. The maximum Gasteiger partial charge on any atom is 0.317 e. The summed E-state index contributed by atoms with van der Waals surface area (Å²) < 4.78 is 10.1. The molecule has 4 heteroatoms. The molecule has 0 saturated heterocycles. The average molecular weight is 276 g/mol. The summed E-state index contributed by atoms with van der Waals surface area (Å²) in [5.41, 5.74) is 1.48. The Balaban J connectivity index is 2.45. The Morgan fingerprint density at radius 3 is 2.60 bits per heavy atom. The molecule has 2 atom stereocenters. The fraction of sp³-hybridized carbons (Fsp3) is 0.500. The minimum atomic E-state index is -0.708. The fourth-order valence-corrected chi connectivity index (χ4v) is 3.08. The highest BCUT2D eigenvalue weighted by Gasteiger charge is 2.50. The van der Waals surface area contributed by atoms with E-state index in [1.165, 1.54) is 7.11 Å². The van der Waals surface area contributed by atoms with Gasteiger partial charge in [0.1, 0.15) is 17.5 Å². The lowest BCUT2D eigenvalue weighted by Crippen LogP contribution is -2.37. The second kappa shape index (κ2) is 5.27. The summed E-state index contributed by atoms with van der Waals surface area (Å²) in [6.07, 6.45) is 1.08. The van der Waals surface area contributed by atoms with Crippen LogP contribution >= 0.6 is 0 Å². The van der Waals surface area contributed by atoms with Crippen molar-refractivity contribution in [3.8, 4) is 5.75 Å². The van der Waals surface area contributed by atoms with E-state index < -0.39 is 17.3 Å². The highest BCUT2D eigenvalue weighted by Crippen LogP contribution is 2.44. The summed E-state index contributed by atoms with van der Waals surface area (Å²) in [4.78, 5) is 24.0. The van der Waals surface area contributed by atoms with Crippen molar-refractivity contribution in [3.05, 3.63) is 29.3 Å². The Morgan fingerprint density at radius 1 is 1.35 bits per heavy atom. The summed E-state index contributed by atoms with van der Waals surface area (Å²) >= 11 is 0. The number of carbonyl (C=O) groups is 2. The molecule has 0 aliphatic heterocycles. The van der Waals surface area contributed by atoms with Gasteiger partial charge in [-0.1, -0.05) is 19.1 Å². The zero-order valence-corrected chi connectivity index (χ0v) is 12.4. The number of esters is 1. The lowest BCUT2D eigenvalue weighted by Gasteiger charge is -2.29. The predicted octanol–water partition coefficient (Wildman–Crippen LogP) is 2.41. The third kappa shape index (κ3) is 2.19.